The normalized spacial score (nSPS) is 12.0. The lowest BCUT2D eigenvalue weighted by Gasteiger charge is -2.18. The Hall–Kier alpha value is -1.14. The number of carbonyl (C=O) groups excluding carboxylic acids is 2. The summed E-state index contributed by atoms with van der Waals surface area (Å²) in [4.78, 5) is 21.9. The Bertz CT molecular complexity index is 195. The van der Waals surface area contributed by atoms with Gasteiger partial charge in [0.15, 0.2) is 5.78 Å². The van der Waals surface area contributed by atoms with Gasteiger partial charge in [-0.15, -0.1) is 0 Å². The molecular formula is C7H16N4O2. The maximum atomic E-state index is 11.1. The van der Waals surface area contributed by atoms with E-state index in [0.717, 1.165) is 5.01 Å². The number of hydrogen-bond acceptors (Lipinski definition) is 4. The molecule has 0 spiro atoms. The van der Waals surface area contributed by atoms with Crippen molar-refractivity contribution in [1.29, 1.82) is 0 Å². The molecule has 0 aromatic heterocycles. The van der Waals surface area contributed by atoms with Gasteiger partial charge < -0.3 is 11.1 Å². The summed E-state index contributed by atoms with van der Waals surface area (Å²) in [5, 5.41) is 3.36. The van der Waals surface area contributed by atoms with Crippen molar-refractivity contribution in [3.05, 3.63) is 0 Å². The first-order valence-corrected chi connectivity index (χ1v) is 4.02. The van der Waals surface area contributed by atoms with Crippen LogP contribution in [0.5, 0.6) is 0 Å². The Morgan fingerprint density at radius 1 is 1.54 bits per heavy atom. The van der Waals surface area contributed by atoms with Gasteiger partial charge in [-0.1, -0.05) is 0 Å². The highest BCUT2D eigenvalue weighted by atomic mass is 16.2. The van der Waals surface area contributed by atoms with E-state index in [1.54, 1.807) is 6.92 Å². The van der Waals surface area contributed by atoms with Crippen molar-refractivity contribution in [2.24, 2.45) is 11.6 Å². The summed E-state index contributed by atoms with van der Waals surface area (Å²) in [6.45, 7) is 3.54. The molecule has 0 heterocycles. The summed E-state index contributed by atoms with van der Waals surface area (Å²) >= 11 is 0. The summed E-state index contributed by atoms with van der Waals surface area (Å²) in [5.74, 6) is 5.19. The molecule has 1 atom stereocenters. The predicted molar refractivity (Wildman–Crippen MR) is 48.6 cm³/mol. The molecule has 13 heavy (non-hydrogen) atoms. The molecule has 0 aliphatic rings. The van der Waals surface area contributed by atoms with Gasteiger partial charge in [0.05, 0.1) is 12.6 Å². The van der Waals surface area contributed by atoms with Gasteiger partial charge in [-0.2, -0.15) is 0 Å². The van der Waals surface area contributed by atoms with E-state index in [0.29, 0.717) is 6.54 Å². The van der Waals surface area contributed by atoms with Gasteiger partial charge in [-0.25, -0.2) is 10.6 Å². The van der Waals surface area contributed by atoms with Crippen LogP contribution >= 0.6 is 0 Å². The van der Waals surface area contributed by atoms with Gasteiger partial charge in [-0.3, -0.25) is 9.80 Å². The number of hydrazine groups is 1. The van der Waals surface area contributed by atoms with E-state index >= 15 is 0 Å². The molecule has 0 aliphatic carbocycles. The molecule has 76 valence electrons. The largest absolute Gasteiger partial charge is 0.332 e. The van der Waals surface area contributed by atoms with Crippen LogP contribution in [0.2, 0.25) is 0 Å². The molecular weight excluding hydrogens is 172 g/mol. The Labute approximate surface area is 77.2 Å². The minimum atomic E-state index is -0.517. The first kappa shape index (κ1) is 11.9. The number of nitrogens with two attached hydrogens (primary N) is 2. The molecule has 0 saturated carbocycles. The average molecular weight is 188 g/mol. The Kier molecular flexibility index (Phi) is 5.01. The van der Waals surface area contributed by atoms with E-state index in [-0.39, 0.29) is 12.3 Å². The van der Waals surface area contributed by atoms with Crippen molar-refractivity contribution < 1.29 is 9.59 Å². The minimum Gasteiger partial charge on any atom is -0.329 e. The zero-order valence-electron chi connectivity index (χ0n) is 7.91. The summed E-state index contributed by atoms with van der Waals surface area (Å²) in [6.07, 6.45) is 0. The lowest BCUT2D eigenvalue weighted by molar-refractivity contribution is -0.118. The summed E-state index contributed by atoms with van der Waals surface area (Å²) in [5.41, 5.74) is 5.19. The molecule has 6 nitrogen and oxygen atoms in total. The summed E-state index contributed by atoms with van der Waals surface area (Å²) in [6, 6.07) is -1.01. The molecule has 1 unspecified atom stereocenters. The lowest BCUT2D eigenvalue weighted by Crippen LogP contribution is -2.50. The van der Waals surface area contributed by atoms with E-state index in [2.05, 4.69) is 5.32 Å². The fourth-order valence-corrected chi connectivity index (χ4v) is 0.610. The van der Waals surface area contributed by atoms with Crippen molar-refractivity contribution in [3.63, 3.8) is 0 Å². The number of amides is 2. The molecule has 0 fully saturated rings. The molecule has 0 radical (unpaired) electrons. The summed E-state index contributed by atoms with van der Waals surface area (Å²) < 4.78 is 0. The third-order valence-electron chi connectivity index (χ3n) is 1.58. The van der Waals surface area contributed by atoms with Gasteiger partial charge in [0.2, 0.25) is 0 Å². The second-order valence-corrected chi connectivity index (χ2v) is 2.76. The molecule has 0 aromatic rings. The first-order valence-electron chi connectivity index (χ1n) is 4.02. The van der Waals surface area contributed by atoms with Crippen molar-refractivity contribution in [2.45, 2.75) is 19.9 Å². The number of Topliss-reactive ketones (excluding diaryl/α,β-unsaturated/α-hetero) is 1. The van der Waals surface area contributed by atoms with Crippen molar-refractivity contribution in [2.75, 3.05) is 13.1 Å². The average Bonchev–Trinajstić information content (AvgIpc) is 2.04. The van der Waals surface area contributed by atoms with Gasteiger partial charge in [0.25, 0.3) is 0 Å². The third kappa shape index (κ3) is 4.44. The molecule has 0 saturated heterocycles. The van der Waals surface area contributed by atoms with Crippen molar-refractivity contribution in [3.8, 4) is 0 Å². The SMILES string of the molecule is CC(=O)C(C)NC(=O)N(N)CCN. The molecule has 0 aromatic carbocycles. The van der Waals surface area contributed by atoms with Crippen LogP contribution in [0, 0.1) is 0 Å². The predicted octanol–water partition coefficient (Wildman–Crippen LogP) is -1.19. The van der Waals surface area contributed by atoms with Crippen LogP contribution in [-0.2, 0) is 4.79 Å². The van der Waals surface area contributed by atoms with Crippen LogP contribution in [0.1, 0.15) is 13.8 Å². The second-order valence-electron chi connectivity index (χ2n) is 2.76. The fourth-order valence-electron chi connectivity index (χ4n) is 0.610. The second kappa shape index (κ2) is 5.50. The van der Waals surface area contributed by atoms with Crippen molar-refractivity contribution in [1.82, 2.24) is 10.3 Å². The molecule has 2 amide bonds. The highest BCUT2D eigenvalue weighted by Crippen LogP contribution is 1.86. The number of ketones is 1. The third-order valence-corrected chi connectivity index (χ3v) is 1.58. The van der Waals surface area contributed by atoms with Crippen LogP contribution in [0.3, 0.4) is 0 Å². The Morgan fingerprint density at radius 3 is 2.46 bits per heavy atom. The van der Waals surface area contributed by atoms with E-state index < -0.39 is 12.1 Å². The molecule has 0 bridgehead atoms. The standard InChI is InChI=1S/C7H16N4O2/c1-5(6(2)12)10-7(13)11(9)4-3-8/h5H,3-4,8-9H2,1-2H3,(H,10,13). The smallest absolute Gasteiger partial charge is 0.329 e. The quantitative estimate of drug-likeness (QED) is 0.293. The van der Waals surface area contributed by atoms with Gasteiger partial charge in [0, 0.05) is 6.54 Å². The number of rotatable bonds is 4. The van der Waals surface area contributed by atoms with Crippen LogP contribution < -0.4 is 16.9 Å². The highest BCUT2D eigenvalue weighted by molar-refractivity contribution is 5.86. The topological polar surface area (TPSA) is 101 Å². The molecule has 5 N–H and O–H groups in total. The molecule has 0 rings (SSSR count). The van der Waals surface area contributed by atoms with E-state index in [4.69, 9.17) is 11.6 Å². The zero-order valence-corrected chi connectivity index (χ0v) is 7.91. The maximum Gasteiger partial charge on any atom is 0.332 e. The number of nitrogens with one attached hydrogen (secondary N) is 1. The van der Waals surface area contributed by atoms with Gasteiger partial charge >= 0.3 is 6.03 Å². The van der Waals surface area contributed by atoms with Crippen LogP contribution in [0.15, 0.2) is 0 Å². The van der Waals surface area contributed by atoms with Crippen LogP contribution in [0.25, 0.3) is 0 Å². The monoisotopic (exact) mass is 188 g/mol. The zero-order chi connectivity index (χ0) is 10.4. The van der Waals surface area contributed by atoms with E-state index in [1.807, 2.05) is 0 Å². The van der Waals surface area contributed by atoms with Gasteiger partial charge in [0.1, 0.15) is 0 Å². The summed E-state index contributed by atoms with van der Waals surface area (Å²) in [7, 11) is 0. The van der Waals surface area contributed by atoms with Crippen LogP contribution in [0.4, 0.5) is 4.79 Å². The first-order chi connectivity index (χ1) is 5.99. The van der Waals surface area contributed by atoms with E-state index in [1.165, 1.54) is 6.92 Å². The number of hydrogen-bond donors (Lipinski definition) is 3. The lowest BCUT2D eigenvalue weighted by atomic mass is 10.2. The fraction of sp³-hybridized carbons (Fsp3) is 0.714. The number of urea groups is 1. The van der Waals surface area contributed by atoms with Gasteiger partial charge in [-0.05, 0) is 13.8 Å². The van der Waals surface area contributed by atoms with E-state index in [9.17, 15) is 9.59 Å². The van der Waals surface area contributed by atoms with Crippen molar-refractivity contribution >= 4 is 11.8 Å². The Morgan fingerprint density at radius 2 is 2.08 bits per heavy atom. The van der Waals surface area contributed by atoms with Crippen LogP contribution in [-0.4, -0.2) is 36.0 Å². The maximum absolute atomic E-state index is 11.1. The number of nitrogens with zero attached hydrogens (tertiary/aromatic N) is 1. The minimum absolute atomic E-state index is 0.116. The molecule has 0 aliphatic heterocycles. The Balaban J connectivity index is 3.92. The molecule has 6 heteroatoms. The highest BCUT2D eigenvalue weighted by Gasteiger charge is 2.14. The number of carbonyl (C=O) groups is 2.